The summed E-state index contributed by atoms with van der Waals surface area (Å²) in [6, 6.07) is 10.8. The van der Waals surface area contributed by atoms with Crippen LogP contribution in [0.1, 0.15) is 29.0 Å². The lowest BCUT2D eigenvalue weighted by Crippen LogP contribution is -2.41. The fourth-order valence-electron chi connectivity index (χ4n) is 4.06. The Balaban J connectivity index is 1.37. The van der Waals surface area contributed by atoms with Gasteiger partial charge in [-0.05, 0) is 37.3 Å². The van der Waals surface area contributed by atoms with Crippen LogP contribution in [0.15, 0.2) is 42.5 Å². The number of aryl methyl sites for hydroxylation is 1. The third kappa shape index (κ3) is 5.39. The highest BCUT2D eigenvalue weighted by Gasteiger charge is 2.31. The summed E-state index contributed by atoms with van der Waals surface area (Å²) in [5.41, 5.74) is 2.10. The topological polar surface area (TPSA) is 76.8 Å². The minimum absolute atomic E-state index is 0.00362. The molecule has 2 heterocycles. The molecule has 0 spiro atoms. The summed E-state index contributed by atoms with van der Waals surface area (Å²) in [4.78, 5) is 19.2. The number of halogens is 3. The smallest absolute Gasteiger partial charge is 0.490 e. The Morgan fingerprint density at radius 2 is 1.88 bits per heavy atom. The number of carbonyl (C=O) groups is 1. The Labute approximate surface area is 188 Å². The van der Waals surface area contributed by atoms with E-state index in [-0.39, 0.29) is 24.4 Å². The number of alkyl halides is 3. The molecule has 1 aliphatic heterocycles. The van der Waals surface area contributed by atoms with E-state index in [1.165, 1.54) is 18.2 Å². The monoisotopic (exact) mass is 463 g/mol. The van der Waals surface area contributed by atoms with Gasteiger partial charge in [-0.3, -0.25) is 4.79 Å². The average molecular weight is 463 g/mol. The number of amides is 1. The zero-order chi connectivity index (χ0) is 23.6. The number of fused-ring (bicyclic) bond motifs is 1. The van der Waals surface area contributed by atoms with Gasteiger partial charge in [0.05, 0.1) is 17.6 Å². The Bertz CT molecular complexity index is 1140. The molecule has 3 aromatic rings. The van der Waals surface area contributed by atoms with Crippen LogP contribution in [0.5, 0.6) is 11.5 Å². The molecule has 1 aromatic heterocycles. The van der Waals surface area contributed by atoms with Gasteiger partial charge in [-0.1, -0.05) is 6.07 Å². The standard InChI is InChI=1S/C23H24F3N3O4/c1-15-27-20-13-16(5-6-21(20)29(15)11-12-30)22(31)28-9-7-17(8-10-28)32-18-3-2-4-19(14-18)33-23(24,25)26/h2-6,13-14,17,30H,7-12H2,1H3. The molecule has 176 valence electrons. The lowest BCUT2D eigenvalue weighted by molar-refractivity contribution is -0.274. The second kappa shape index (κ2) is 9.30. The van der Waals surface area contributed by atoms with Gasteiger partial charge >= 0.3 is 6.36 Å². The fourth-order valence-corrected chi connectivity index (χ4v) is 4.06. The molecule has 1 aliphatic rings. The Kier molecular flexibility index (Phi) is 6.46. The van der Waals surface area contributed by atoms with Gasteiger partial charge in [-0.25, -0.2) is 4.98 Å². The van der Waals surface area contributed by atoms with Crippen molar-refractivity contribution in [3.05, 3.63) is 53.9 Å². The molecule has 4 rings (SSSR count). The number of aliphatic hydroxyl groups is 1. The molecule has 7 nitrogen and oxygen atoms in total. The Hall–Kier alpha value is -3.27. The summed E-state index contributed by atoms with van der Waals surface area (Å²) < 4.78 is 48.9. The molecule has 10 heteroatoms. The van der Waals surface area contributed by atoms with Crippen molar-refractivity contribution in [3.63, 3.8) is 0 Å². The van der Waals surface area contributed by atoms with Crippen LogP contribution in [-0.4, -0.2) is 57.6 Å². The van der Waals surface area contributed by atoms with Gasteiger partial charge in [-0.2, -0.15) is 0 Å². The molecule has 1 saturated heterocycles. The van der Waals surface area contributed by atoms with E-state index in [2.05, 4.69) is 9.72 Å². The van der Waals surface area contributed by atoms with Gasteiger partial charge in [0.1, 0.15) is 23.4 Å². The first-order valence-corrected chi connectivity index (χ1v) is 10.6. The van der Waals surface area contributed by atoms with Gasteiger partial charge in [0.2, 0.25) is 0 Å². The van der Waals surface area contributed by atoms with Crippen LogP contribution >= 0.6 is 0 Å². The van der Waals surface area contributed by atoms with E-state index < -0.39 is 6.36 Å². The van der Waals surface area contributed by atoms with E-state index in [0.29, 0.717) is 49.3 Å². The van der Waals surface area contributed by atoms with Crippen LogP contribution in [0.4, 0.5) is 13.2 Å². The number of imidazole rings is 1. The number of likely N-dealkylation sites (tertiary alicyclic amines) is 1. The molecular weight excluding hydrogens is 439 g/mol. The molecule has 0 saturated carbocycles. The predicted octanol–water partition coefficient (Wildman–Crippen LogP) is 3.92. The third-order valence-corrected chi connectivity index (χ3v) is 5.58. The second-order valence-corrected chi connectivity index (χ2v) is 7.87. The SMILES string of the molecule is Cc1nc2cc(C(=O)N3CCC(Oc4cccc(OC(F)(F)F)c4)CC3)ccc2n1CCO. The average Bonchev–Trinajstić information content (AvgIpc) is 3.07. The van der Waals surface area contributed by atoms with Crippen molar-refractivity contribution in [1.29, 1.82) is 0 Å². The van der Waals surface area contributed by atoms with Crippen LogP contribution in [0.2, 0.25) is 0 Å². The molecule has 0 atom stereocenters. The number of hydrogen-bond acceptors (Lipinski definition) is 5. The largest absolute Gasteiger partial charge is 0.573 e. The second-order valence-electron chi connectivity index (χ2n) is 7.87. The predicted molar refractivity (Wildman–Crippen MR) is 114 cm³/mol. The molecule has 0 unspecified atom stereocenters. The maximum absolute atomic E-state index is 13.0. The number of hydrogen-bond donors (Lipinski definition) is 1. The van der Waals surface area contributed by atoms with Crippen molar-refractivity contribution in [3.8, 4) is 11.5 Å². The zero-order valence-corrected chi connectivity index (χ0v) is 18.0. The third-order valence-electron chi connectivity index (χ3n) is 5.58. The summed E-state index contributed by atoms with van der Waals surface area (Å²) in [5, 5.41) is 9.24. The molecule has 2 aromatic carbocycles. The van der Waals surface area contributed by atoms with Gasteiger partial charge in [0.25, 0.3) is 5.91 Å². The van der Waals surface area contributed by atoms with Crippen LogP contribution in [-0.2, 0) is 6.54 Å². The van der Waals surface area contributed by atoms with Crippen molar-refractivity contribution < 1.29 is 32.5 Å². The van der Waals surface area contributed by atoms with Crippen molar-refractivity contribution in [1.82, 2.24) is 14.5 Å². The van der Waals surface area contributed by atoms with E-state index >= 15 is 0 Å². The van der Waals surface area contributed by atoms with Gasteiger partial charge < -0.3 is 24.0 Å². The number of ether oxygens (including phenoxy) is 2. The highest BCUT2D eigenvalue weighted by Crippen LogP contribution is 2.28. The number of aromatic nitrogens is 2. The van der Waals surface area contributed by atoms with Crippen LogP contribution in [0.3, 0.4) is 0 Å². The number of aliphatic hydroxyl groups excluding tert-OH is 1. The first-order valence-electron chi connectivity index (χ1n) is 10.6. The van der Waals surface area contributed by atoms with Gasteiger partial charge in [0.15, 0.2) is 0 Å². The molecule has 0 aliphatic carbocycles. The molecule has 1 amide bonds. The van der Waals surface area contributed by atoms with Crippen LogP contribution < -0.4 is 9.47 Å². The summed E-state index contributed by atoms with van der Waals surface area (Å²) in [6.07, 6.45) is -3.86. The van der Waals surface area contributed by atoms with E-state index in [0.717, 1.165) is 11.3 Å². The first kappa shape index (κ1) is 22.9. The fraction of sp³-hybridized carbons (Fsp3) is 0.391. The zero-order valence-electron chi connectivity index (χ0n) is 18.0. The molecular formula is C23H24F3N3O4. The maximum atomic E-state index is 13.0. The van der Waals surface area contributed by atoms with E-state index in [4.69, 9.17) is 4.74 Å². The molecule has 0 radical (unpaired) electrons. The Morgan fingerprint density at radius 3 is 2.58 bits per heavy atom. The van der Waals surface area contributed by atoms with E-state index in [1.54, 1.807) is 23.1 Å². The van der Waals surface area contributed by atoms with Crippen molar-refractivity contribution >= 4 is 16.9 Å². The minimum Gasteiger partial charge on any atom is -0.490 e. The summed E-state index contributed by atoms with van der Waals surface area (Å²) in [5.74, 6) is 0.622. The van der Waals surface area contributed by atoms with E-state index in [9.17, 15) is 23.1 Å². The lowest BCUT2D eigenvalue weighted by atomic mass is 10.1. The lowest BCUT2D eigenvalue weighted by Gasteiger charge is -2.32. The number of nitrogens with zero attached hydrogens (tertiary/aromatic N) is 3. The molecule has 33 heavy (non-hydrogen) atoms. The molecule has 1 fully saturated rings. The summed E-state index contributed by atoms with van der Waals surface area (Å²) >= 11 is 0. The first-order chi connectivity index (χ1) is 15.7. The van der Waals surface area contributed by atoms with Crippen molar-refractivity contribution in [2.45, 2.75) is 38.8 Å². The number of benzene rings is 2. The number of rotatable bonds is 6. The summed E-state index contributed by atoms with van der Waals surface area (Å²) in [6.45, 7) is 3.24. The van der Waals surface area contributed by atoms with Crippen LogP contribution in [0, 0.1) is 6.92 Å². The maximum Gasteiger partial charge on any atom is 0.573 e. The number of carbonyl (C=O) groups excluding carboxylic acids is 1. The summed E-state index contributed by atoms with van der Waals surface area (Å²) in [7, 11) is 0. The van der Waals surface area contributed by atoms with Crippen molar-refractivity contribution in [2.75, 3.05) is 19.7 Å². The van der Waals surface area contributed by atoms with Gasteiger partial charge in [-0.15, -0.1) is 13.2 Å². The highest BCUT2D eigenvalue weighted by molar-refractivity contribution is 5.97. The van der Waals surface area contributed by atoms with Gasteiger partial charge in [0, 0.05) is 44.1 Å². The number of piperidine rings is 1. The molecule has 0 bridgehead atoms. The normalized spacial score (nSPS) is 15.1. The highest BCUT2D eigenvalue weighted by atomic mass is 19.4. The van der Waals surface area contributed by atoms with E-state index in [1.807, 2.05) is 17.6 Å². The minimum atomic E-state index is -4.76. The quantitative estimate of drug-likeness (QED) is 0.600. The molecule has 1 N–H and O–H groups in total. The van der Waals surface area contributed by atoms with Crippen LogP contribution in [0.25, 0.3) is 11.0 Å². The van der Waals surface area contributed by atoms with Crippen molar-refractivity contribution in [2.24, 2.45) is 0 Å². The Morgan fingerprint density at radius 1 is 1.15 bits per heavy atom.